The van der Waals surface area contributed by atoms with Gasteiger partial charge in [-0.1, -0.05) is 40.9 Å². The summed E-state index contributed by atoms with van der Waals surface area (Å²) in [6, 6.07) is 14.3. The Balaban J connectivity index is 1.66. The van der Waals surface area contributed by atoms with Crippen LogP contribution in [0.5, 0.6) is 5.75 Å². The molecule has 0 radical (unpaired) electrons. The first kappa shape index (κ1) is 23.9. The van der Waals surface area contributed by atoms with Crippen molar-refractivity contribution < 1.29 is 17.9 Å². The molecule has 0 unspecified atom stereocenters. The Labute approximate surface area is 197 Å². The summed E-state index contributed by atoms with van der Waals surface area (Å²) in [6.45, 7) is 5.56. The van der Waals surface area contributed by atoms with Gasteiger partial charge in [0.05, 0.1) is 9.92 Å². The summed E-state index contributed by atoms with van der Waals surface area (Å²) in [5, 5.41) is 3.40. The van der Waals surface area contributed by atoms with Gasteiger partial charge in [0.15, 0.2) is 6.61 Å². The van der Waals surface area contributed by atoms with Crippen LogP contribution in [-0.4, -0.2) is 20.9 Å². The molecule has 168 valence electrons. The number of nitrogens with one attached hydrogen (secondary N) is 2. The van der Waals surface area contributed by atoms with E-state index in [1.54, 1.807) is 24.3 Å². The summed E-state index contributed by atoms with van der Waals surface area (Å²) in [5.41, 5.74) is 4.13. The number of benzene rings is 3. The average Bonchev–Trinajstić information content (AvgIpc) is 2.71. The highest BCUT2D eigenvalue weighted by Gasteiger charge is 2.17. The zero-order valence-corrected chi connectivity index (χ0v) is 20.0. The average molecular weight is 493 g/mol. The molecular formula is C23H22Cl2N2O4S. The van der Waals surface area contributed by atoms with Gasteiger partial charge in [0.25, 0.3) is 15.9 Å². The van der Waals surface area contributed by atoms with Crippen molar-refractivity contribution in [1.29, 1.82) is 0 Å². The molecule has 3 aromatic rings. The van der Waals surface area contributed by atoms with E-state index in [1.807, 2.05) is 32.9 Å². The van der Waals surface area contributed by atoms with Crippen LogP contribution >= 0.6 is 23.2 Å². The number of hydrogen-bond donors (Lipinski definition) is 2. The van der Waals surface area contributed by atoms with E-state index in [2.05, 4.69) is 10.0 Å². The molecular weight excluding hydrogens is 471 g/mol. The lowest BCUT2D eigenvalue weighted by Gasteiger charge is -2.14. The van der Waals surface area contributed by atoms with Crippen molar-refractivity contribution in [3.63, 3.8) is 0 Å². The Hall–Kier alpha value is -2.74. The summed E-state index contributed by atoms with van der Waals surface area (Å²) < 4.78 is 33.1. The lowest BCUT2D eigenvalue weighted by molar-refractivity contribution is -0.118. The van der Waals surface area contributed by atoms with Crippen LogP contribution in [-0.2, 0) is 14.8 Å². The second kappa shape index (κ2) is 9.81. The van der Waals surface area contributed by atoms with Gasteiger partial charge in [-0.2, -0.15) is 0 Å². The zero-order valence-electron chi connectivity index (χ0n) is 17.7. The summed E-state index contributed by atoms with van der Waals surface area (Å²) in [5.74, 6) is -0.151. The van der Waals surface area contributed by atoms with Gasteiger partial charge in [0, 0.05) is 16.4 Å². The molecule has 0 fully saturated rings. The van der Waals surface area contributed by atoms with Crippen LogP contribution in [0.4, 0.5) is 11.4 Å². The van der Waals surface area contributed by atoms with Crippen LogP contribution in [0.15, 0.2) is 59.5 Å². The lowest BCUT2D eigenvalue weighted by Crippen LogP contribution is -2.21. The van der Waals surface area contributed by atoms with Gasteiger partial charge < -0.3 is 10.1 Å². The summed E-state index contributed by atoms with van der Waals surface area (Å²) in [6.07, 6.45) is 0. The first-order valence-corrected chi connectivity index (χ1v) is 11.9. The molecule has 9 heteroatoms. The zero-order chi connectivity index (χ0) is 23.5. The molecule has 32 heavy (non-hydrogen) atoms. The van der Waals surface area contributed by atoms with Crippen molar-refractivity contribution in [3.05, 3.63) is 81.3 Å². The Kier molecular flexibility index (Phi) is 7.33. The van der Waals surface area contributed by atoms with E-state index in [-0.39, 0.29) is 28.2 Å². The monoisotopic (exact) mass is 492 g/mol. The highest BCUT2D eigenvalue weighted by atomic mass is 35.5. The van der Waals surface area contributed by atoms with Gasteiger partial charge >= 0.3 is 0 Å². The highest BCUT2D eigenvalue weighted by Crippen LogP contribution is 2.29. The van der Waals surface area contributed by atoms with Crippen molar-refractivity contribution in [3.8, 4) is 5.75 Å². The highest BCUT2D eigenvalue weighted by molar-refractivity contribution is 7.92. The molecule has 0 saturated heterocycles. The number of carbonyl (C=O) groups excluding carboxylic acids is 1. The van der Waals surface area contributed by atoms with Crippen LogP contribution in [0, 0.1) is 20.8 Å². The van der Waals surface area contributed by atoms with E-state index < -0.39 is 10.0 Å². The lowest BCUT2D eigenvalue weighted by atomic mass is 10.1. The number of anilines is 2. The van der Waals surface area contributed by atoms with E-state index in [0.717, 1.165) is 22.4 Å². The molecule has 3 rings (SSSR count). The number of carbonyl (C=O) groups is 1. The van der Waals surface area contributed by atoms with Gasteiger partial charge in [-0.25, -0.2) is 8.42 Å². The van der Waals surface area contributed by atoms with Crippen molar-refractivity contribution >= 4 is 50.5 Å². The Morgan fingerprint density at radius 1 is 0.938 bits per heavy atom. The van der Waals surface area contributed by atoms with Crippen LogP contribution in [0.1, 0.15) is 16.7 Å². The molecule has 1 amide bonds. The fourth-order valence-corrected chi connectivity index (χ4v) is 4.70. The second-order valence-corrected chi connectivity index (χ2v) is 9.84. The third kappa shape index (κ3) is 5.94. The number of ether oxygens (including phenoxy) is 1. The third-order valence-corrected chi connectivity index (χ3v) is 6.54. The van der Waals surface area contributed by atoms with Crippen LogP contribution < -0.4 is 14.8 Å². The minimum atomic E-state index is -3.86. The number of rotatable bonds is 7. The molecule has 0 aliphatic heterocycles. The standard InChI is InChI=1S/C23H22Cl2N2O4S/c1-14-10-15(2)23(16(3)11-14)26-22(28)13-31-21-9-8-19(12-20(21)25)32(29,30)27-18-6-4-17(24)5-7-18/h4-12,27H,13H2,1-3H3,(H,26,28). The minimum Gasteiger partial charge on any atom is -0.482 e. The fourth-order valence-electron chi connectivity index (χ4n) is 3.19. The SMILES string of the molecule is Cc1cc(C)c(NC(=O)COc2ccc(S(=O)(=O)Nc3ccc(Cl)cc3)cc2Cl)c(C)c1. The van der Waals surface area contributed by atoms with Crippen molar-refractivity contribution in [2.75, 3.05) is 16.6 Å². The van der Waals surface area contributed by atoms with Crippen molar-refractivity contribution in [2.24, 2.45) is 0 Å². The molecule has 0 atom stereocenters. The van der Waals surface area contributed by atoms with Crippen LogP contribution in [0.2, 0.25) is 10.0 Å². The van der Waals surface area contributed by atoms with Gasteiger partial charge in [0.1, 0.15) is 5.75 Å². The first-order valence-electron chi connectivity index (χ1n) is 9.63. The minimum absolute atomic E-state index is 0.0415. The molecule has 0 bridgehead atoms. The van der Waals surface area contributed by atoms with E-state index in [9.17, 15) is 13.2 Å². The number of sulfonamides is 1. The van der Waals surface area contributed by atoms with Crippen molar-refractivity contribution in [2.45, 2.75) is 25.7 Å². The predicted molar refractivity (Wildman–Crippen MR) is 128 cm³/mol. The molecule has 6 nitrogen and oxygen atoms in total. The quantitative estimate of drug-likeness (QED) is 0.440. The van der Waals surface area contributed by atoms with Gasteiger partial charge in [-0.3, -0.25) is 9.52 Å². The number of hydrogen-bond acceptors (Lipinski definition) is 4. The molecule has 0 heterocycles. The number of amides is 1. The van der Waals surface area contributed by atoms with Crippen molar-refractivity contribution in [1.82, 2.24) is 0 Å². The van der Waals surface area contributed by atoms with E-state index in [4.69, 9.17) is 27.9 Å². The Bertz CT molecular complexity index is 1240. The summed E-state index contributed by atoms with van der Waals surface area (Å²) >= 11 is 12.0. The van der Waals surface area contributed by atoms with E-state index >= 15 is 0 Å². The third-order valence-electron chi connectivity index (χ3n) is 4.61. The maximum absolute atomic E-state index is 12.6. The van der Waals surface area contributed by atoms with Gasteiger partial charge in [0.2, 0.25) is 0 Å². The Morgan fingerprint density at radius 2 is 1.56 bits per heavy atom. The molecule has 0 aliphatic carbocycles. The molecule has 3 aromatic carbocycles. The molecule has 0 saturated carbocycles. The summed E-state index contributed by atoms with van der Waals surface area (Å²) in [4.78, 5) is 12.3. The fraction of sp³-hybridized carbons (Fsp3) is 0.174. The molecule has 0 spiro atoms. The predicted octanol–water partition coefficient (Wildman–Crippen LogP) is 5.74. The first-order chi connectivity index (χ1) is 15.0. The topological polar surface area (TPSA) is 84.5 Å². The number of halogens is 2. The molecule has 0 aliphatic rings. The molecule has 0 aromatic heterocycles. The van der Waals surface area contributed by atoms with E-state index in [1.165, 1.54) is 18.2 Å². The van der Waals surface area contributed by atoms with Gasteiger partial charge in [-0.15, -0.1) is 0 Å². The molecule has 2 N–H and O–H groups in total. The van der Waals surface area contributed by atoms with Gasteiger partial charge in [-0.05, 0) is 74.4 Å². The smallest absolute Gasteiger partial charge is 0.262 e. The van der Waals surface area contributed by atoms with E-state index in [0.29, 0.717) is 10.7 Å². The largest absolute Gasteiger partial charge is 0.482 e. The maximum atomic E-state index is 12.6. The van der Waals surface area contributed by atoms with Crippen LogP contribution in [0.25, 0.3) is 0 Å². The van der Waals surface area contributed by atoms with Crippen LogP contribution in [0.3, 0.4) is 0 Å². The summed E-state index contributed by atoms with van der Waals surface area (Å²) in [7, 11) is -3.86. The normalized spacial score (nSPS) is 11.2. The maximum Gasteiger partial charge on any atom is 0.262 e. The second-order valence-electron chi connectivity index (χ2n) is 7.32. The number of aryl methyl sites for hydroxylation is 3. The Morgan fingerprint density at radius 3 is 2.16 bits per heavy atom.